The van der Waals surface area contributed by atoms with E-state index in [0.717, 1.165) is 0 Å². The highest BCUT2D eigenvalue weighted by Crippen LogP contribution is 2.30. The maximum absolute atomic E-state index is 11.3. The molecule has 14 heavy (non-hydrogen) atoms. The summed E-state index contributed by atoms with van der Waals surface area (Å²) in [6, 6.07) is 0. The lowest BCUT2D eigenvalue weighted by atomic mass is 10.1. The standard InChI is InChI=1S/C6H9N4O3P/c1-13-6(12)4-2-5(11)10(3-4)14-9-8-7/h4,14H,2-3H2,1H3. The Bertz CT molecular complexity index is 301. The fourth-order valence-corrected chi connectivity index (χ4v) is 1.86. The second-order valence-electron chi connectivity index (χ2n) is 2.72. The van der Waals surface area contributed by atoms with Crippen LogP contribution in [0.25, 0.3) is 10.4 Å². The third kappa shape index (κ3) is 2.34. The van der Waals surface area contributed by atoms with Gasteiger partial charge in [-0.15, -0.1) is 0 Å². The average molecular weight is 216 g/mol. The number of hydrogen-bond donors (Lipinski definition) is 0. The maximum atomic E-state index is 11.3. The quantitative estimate of drug-likeness (QED) is 0.230. The molecule has 76 valence electrons. The summed E-state index contributed by atoms with van der Waals surface area (Å²) in [5.74, 6) is -0.994. The van der Waals surface area contributed by atoms with Crippen LogP contribution in [0.5, 0.6) is 0 Å². The molecule has 0 bridgehead atoms. The molecule has 0 aromatic carbocycles. The first-order chi connectivity index (χ1) is 6.69. The number of methoxy groups -OCH3 is 1. The number of carbonyl (C=O) groups is 2. The van der Waals surface area contributed by atoms with Crippen LogP contribution in [0, 0.1) is 5.92 Å². The molecule has 0 aromatic rings. The van der Waals surface area contributed by atoms with Crippen molar-refractivity contribution < 1.29 is 14.3 Å². The number of azide groups is 1. The smallest absolute Gasteiger partial charge is 0.310 e. The van der Waals surface area contributed by atoms with Crippen LogP contribution in [-0.2, 0) is 14.3 Å². The van der Waals surface area contributed by atoms with Crippen LogP contribution in [0.15, 0.2) is 4.88 Å². The number of ether oxygens (including phenoxy) is 1. The van der Waals surface area contributed by atoms with Crippen LogP contribution < -0.4 is 0 Å². The highest BCUT2D eigenvalue weighted by atomic mass is 31.1. The van der Waals surface area contributed by atoms with E-state index in [4.69, 9.17) is 5.53 Å². The van der Waals surface area contributed by atoms with Gasteiger partial charge in [-0.2, -0.15) is 0 Å². The summed E-state index contributed by atoms with van der Waals surface area (Å²) >= 11 is 0. The summed E-state index contributed by atoms with van der Waals surface area (Å²) < 4.78 is 5.88. The second kappa shape index (κ2) is 4.79. The lowest BCUT2D eigenvalue weighted by Gasteiger charge is -2.11. The molecule has 1 heterocycles. The van der Waals surface area contributed by atoms with Crippen molar-refractivity contribution in [3.05, 3.63) is 10.4 Å². The van der Waals surface area contributed by atoms with Gasteiger partial charge in [0.05, 0.1) is 21.9 Å². The first kappa shape index (κ1) is 10.8. The van der Waals surface area contributed by atoms with Crippen molar-refractivity contribution in [2.24, 2.45) is 10.8 Å². The number of rotatable bonds is 3. The summed E-state index contributed by atoms with van der Waals surface area (Å²) in [5.41, 5.74) is 8.07. The zero-order valence-corrected chi connectivity index (χ0v) is 8.51. The topological polar surface area (TPSA) is 95.4 Å². The molecular formula is C6H9N4O3P. The fraction of sp³-hybridized carbons (Fsp3) is 0.667. The summed E-state index contributed by atoms with van der Waals surface area (Å²) in [6.45, 7) is 0.281. The van der Waals surface area contributed by atoms with E-state index in [9.17, 15) is 9.59 Å². The number of carbonyl (C=O) groups excluding carboxylic acids is 2. The first-order valence-corrected chi connectivity index (χ1v) is 4.76. The maximum Gasteiger partial charge on any atom is 0.310 e. The van der Waals surface area contributed by atoms with E-state index in [1.807, 2.05) is 0 Å². The number of nitrogens with zero attached hydrogens (tertiary/aromatic N) is 4. The molecule has 1 amide bonds. The molecule has 0 spiro atoms. The van der Waals surface area contributed by atoms with Crippen molar-refractivity contribution in [1.82, 2.24) is 4.67 Å². The van der Waals surface area contributed by atoms with Gasteiger partial charge in [0.2, 0.25) is 5.91 Å². The third-order valence-electron chi connectivity index (χ3n) is 1.87. The average Bonchev–Trinajstić information content (AvgIpc) is 2.56. The molecule has 7 nitrogen and oxygen atoms in total. The Hall–Kier alpha value is -1.32. The SMILES string of the molecule is COC(=O)C1CC(=O)N(PN=[N+]=[N-])C1. The van der Waals surface area contributed by atoms with E-state index in [0.29, 0.717) is 0 Å². The Morgan fingerprint density at radius 2 is 2.57 bits per heavy atom. The van der Waals surface area contributed by atoms with E-state index < -0.39 is 11.9 Å². The molecule has 0 N–H and O–H groups in total. The van der Waals surface area contributed by atoms with Crippen LogP contribution >= 0.6 is 8.88 Å². The lowest BCUT2D eigenvalue weighted by molar-refractivity contribution is -0.145. The van der Waals surface area contributed by atoms with Crippen molar-refractivity contribution in [3.63, 3.8) is 0 Å². The van der Waals surface area contributed by atoms with Gasteiger partial charge in [-0.1, -0.05) is 4.88 Å². The van der Waals surface area contributed by atoms with Crippen molar-refractivity contribution >= 4 is 20.8 Å². The summed E-state index contributed by atoms with van der Waals surface area (Å²) in [5, 5.41) is 0. The monoisotopic (exact) mass is 216 g/mol. The molecular weight excluding hydrogens is 207 g/mol. The van der Waals surface area contributed by atoms with Crippen LogP contribution in [0.4, 0.5) is 0 Å². The summed E-state index contributed by atoms with van der Waals surface area (Å²) in [4.78, 5) is 28.2. The summed E-state index contributed by atoms with van der Waals surface area (Å²) in [6.07, 6.45) is 0.140. The molecule has 1 aliphatic heterocycles. The normalized spacial score (nSPS) is 21.4. The third-order valence-corrected chi connectivity index (χ3v) is 2.72. The molecule has 2 atom stereocenters. The van der Waals surface area contributed by atoms with E-state index in [1.165, 1.54) is 11.8 Å². The predicted octanol–water partition coefficient (Wildman–Crippen LogP) is 0.827. The van der Waals surface area contributed by atoms with Crippen molar-refractivity contribution in [2.75, 3.05) is 13.7 Å². The van der Waals surface area contributed by atoms with Gasteiger partial charge in [-0.05, 0) is 5.53 Å². The minimum atomic E-state index is -0.422. The van der Waals surface area contributed by atoms with Crippen molar-refractivity contribution in [3.8, 4) is 0 Å². The Morgan fingerprint density at radius 3 is 3.14 bits per heavy atom. The number of amides is 1. The van der Waals surface area contributed by atoms with Crippen molar-refractivity contribution in [1.29, 1.82) is 0 Å². The van der Waals surface area contributed by atoms with Crippen LogP contribution in [0.1, 0.15) is 6.42 Å². The molecule has 0 aliphatic carbocycles. The van der Waals surface area contributed by atoms with E-state index in [2.05, 4.69) is 14.5 Å². The molecule has 0 aromatic heterocycles. The van der Waals surface area contributed by atoms with Gasteiger partial charge in [-0.3, -0.25) is 9.59 Å². The van der Waals surface area contributed by atoms with Crippen LogP contribution in [0.2, 0.25) is 0 Å². The van der Waals surface area contributed by atoms with Gasteiger partial charge in [0.1, 0.15) is 0 Å². The zero-order chi connectivity index (χ0) is 10.6. The van der Waals surface area contributed by atoms with Gasteiger partial charge in [0.15, 0.2) is 0 Å². The molecule has 1 rings (SSSR count). The first-order valence-electron chi connectivity index (χ1n) is 3.87. The van der Waals surface area contributed by atoms with Gasteiger partial charge in [0.25, 0.3) is 0 Å². The molecule has 0 radical (unpaired) electrons. The fourth-order valence-electron chi connectivity index (χ4n) is 1.20. The Labute approximate surface area is 81.9 Å². The van der Waals surface area contributed by atoms with Crippen molar-refractivity contribution in [2.45, 2.75) is 6.42 Å². The molecule has 1 fully saturated rings. The highest BCUT2D eigenvalue weighted by molar-refractivity contribution is 7.34. The predicted molar refractivity (Wildman–Crippen MR) is 49.3 cm³/mol. The molecule has 8 heteroatoms. The van der Waals surface area contributed by atoms with E-state index >= 15 is 0 Å². The zero-order valence-electron chi connectivity index (χ0n) is 7.51. The van der Waals surface area contributed by atoms with Gasteiger partial charge >= 0.3 is 5.97 Å². The van der Waals surface area contributed by atoms with E-state index in [1.54, 1.807) is 0 Å². The molecule has 1 aliphatic rings. The molecule has 1 saturated heterocycles. The number of hydrogen-bond acceptors (Lipinski definition) is 4. The highest BCUT2D eigenvalue weighted by Gasteiger charge is 2.34. The number of esters is 1. The van der Waals surface area contributed by atoms with E-state index in [-0.39, 0.29) is 27.8 Å². The van der Waals surface area contributed by atoms with Gasteiger partial charge in [-0.25, -0.2) is 0 Å². The largest absolute Gasteiger partial charge is 0.469 e. The minimum Gasteiger partial charge on any atom is -0.469 e. The lowest BCUT2D eigenvalue weighted by Crippen LogP contribution is -2.19. The molecule has 0 saturated carbocycles. The minimum absolute atomic E-state index is 0.140. The van der Waals surface area contributed by atoms with Crippen LogP contribution in [-0.4, -0.2) is 30.2 Å². The second-order valence-corrected chi connectivity index (χ2v) is 3.66. The van der Waals surface area contributed by atoms with Crippen LogP contribution in [0.3, 0.4) is 0 Å². The molecule has 2 unspecified atom stereocenters. The van der Waals surface area contributed by atoms with Gasteiger partial charge < -0.3 is 9.41 Å². The van der Waals surface area contributed by atoms with Gasteiger partial charge in [0, 0.05) is 17.9 Å². The Balaban J connectivity index is 2.55. The summed E-state index contributed by atoms with van der Waals surface area (Å²) in [7, 11) is 1.01. The Kier molecular flexibility index (Phi) is 3.68. The Morgan fingerprint density at radius 1 is 1.86 bits per heavy atom.